The number of nitrogens with zero attached hydrogens (tertiary/aromatic N) is 2. The number of piperazine rings is 1. The number of hydrogen-bond acceptors (Lipinski definition) is 3. The Balaban J connectivity index is 2.19. The van der Waals surface area contributed by atoms with Crippen molar-refractivity contribution in [2.45, 2.75) is 6.04 Å². The van der Waals surface area contributed by atoms with E-state index >= 15 is 0 Å². The van der Waals surface area contributed by atoms with E-state index < -0.39 is 0 Å². The van der Waals surface area contributed by atoms with Gasteiger partial charge in [0.2, 0.25) is 0 Å². The fourth-order valence-electron chi connectivity index (χ4n) is 2.16. The van der Waals surface area contributed by atoms with Crippen LogP contribution in [-0.2, 0) is 0 Å². The fourth-order valence-corrected chi connectivity index (χ4v) is 2.55. The molecule has 1 saturated heterocycles. The van der Waals surface area contributed by atoms with Gasteiger partial charge in [0.1, 0.15) is 0 Å². The first-order chi connectivity index (χ1) is 7.70. The standard InChI is InChI=1S/C12H17BrN2O/c1-14-5-6-15(12(8-14)9-16)11-4-2-3-10(13)7-11/h2-4,7,12,16H,5-6,8-9H2,1H3. The van der Waals surface area contributed by atoms with Crippen LogP contribution in [0, 0.1) is 0 Å². The Hall–Kier alpha value is -0.580. The van der Waals surface area contributed by atoms with Crippen molar-refractivity contribution in [1.82, 2.24) is 4.90 Å². The molecule has 1 fully saturated rings. The van der Waals surface area contributed by atoms with Crippen molar-refractivity contribution in [2.75, 3.05) is 38.2 Å². The minimum Gasteiger partial charge on any atom is -0.394 e. The van der Waals surface area contributed by atoms with E-state index in [1.54, 1.807) is 0 Å². The first kappa shape index (κ1) is 11.9. The van der Waals surface area contributed by atoms with Gasteiger partial charge in [-0.3, -0.25) is 0 Å². The topological polar surface area (TPSA) is 26.7 Å². The summed E-state index contributed by atoms with van der Waals surface area (Å²) >= 11 is 3.48. The molecular weight excluding hydrogens is 268 g/mol. The van der Waals surface area contributed by atoms with Crippen LogP contribution in [0.5, 0.6) is 0 Å². The number of anilines is 1. The quantitative estimate of drug-likeness (QED) is 0.893. The predicted octanol–water partition coefficient (Wildman–Crippen LogP) is 1.56. The van der Waals surface area contributed by atoms with Crippen molar-refractivity contribution in [3.63, 3.8) is 0 Å². The highest BCUT2D eigenvalue weighted by molar-refractivity contribution is 9.10. The molecule has 1 aliphatic rings. The lowest BCUT2D eigenvalue weighted by Crippen LogP contribution is -2.53. The minimum atomic E-state index is 0.202. The van der Waals surface area contributed by atoms with E-state index in [1.807, 2.05) is 12.1 Å². The zero-order valence-electron chi connectivity index (χ0n) is 9.43. The van der Waals surface area contributed by atoms with Crippen molar-refractivity contribution >= 4 is 21.6 Å². The summed E-state index contributed by atoms with van der Waals surface area (Å²) in [6.45, 7) is 3.14. The molecule has 0 radical (unpaired) electrons. The Morgan fingerprint density at radius 2 is 2.25 bits per heavy atom. The lowest BCUT2D eigenvalue weighted by atomic mass is 10.1. The predicted molar refractivity (Wildman–Crippen MR) is 69.9 cm³/mol. The number of benzene rings is 1. The minimum absolute atomic E-state index is 0.202. The third kappa shape index (κ3) is 2.56. The molecule has 0 aliphatic carbocycles. The van der Waals surface area contributed by atoms with Gasteiger partial charge in [-0.05, 0) is 25.2 Å². The molecule has 1 aromatic carbocycles. The number of halogens is 1. The fraction of sp³-hybridized carbons (Fsp3) is 0.500. The number of likely N-dealkylation sites (N-methyl/N-ethyl adjacent to an activating group) is 1. The van der Waals surface area contributed by atoms with Crippen molar-refractivity contribution in [3.05, 3.63) is 28.7 Å². The summed E-state index contributed by atoms with van der Waals surface area (Å²) in [5, 5.41) is 9.43. The highest BCUT2D eigenvalue weighted by atomic mass is 79.9. The maximum atomic E-state index is 9.43. The number of aliphatic hydroxyl groups excluding tert-OH is 1. The van der Waals surface area contributed by atoms with E-state index in [2.05, 4.69) is 44.9 Å². The van der Waals surface area contributed by atoms with Crippen molar-refractivity contribution < 1.29 is 5.11 Å². The summed E-state index contributed by atoms with van der Waals surface area (Å²) in [6, 6.07) is 8.46. The van der Waals surface area contributed by atoms with Crippen LogP contribution < -0.4 is 4.90 Å². The average Bonchev–Trinajstić information content (AvgIpc) is 2.28. The second-order valence-electron chi connectivity index (χ2n) is 4.27. The molecule has 1 heterocycles. The van der Waals surface area contributed by atoms with E-state index in [0.29, 0.717) is 0 Å². The second kappa shape index (κ2) is 5.17. The van der Waals surface area contributed by atoms with E-state index in [0.717, 1.165) is 24.1 Å². The van der Waals surface area contributed by atoms with Crippen LogP contribution in [0.25, 0.3) is 0 Å². The Morgan fingerprint density at radius 1 is 1.44 bits per heavy atom. The zero-order valence-corrected chi connectivity index (χ0v) is 11.0. The largest absolute Gasteiger partial charge is 0.394 e. The van der Waals surface area contributed by atoms with Gasteiger partial charge >= 0.3 is 0 Å². The van der Waals surface area contributed by atoms with E-state index in [1.165, 1.54) is 5.69 Å². The van der Waals surface area contributed by atoms with Crippen molar-refractivity contribution in [1.29, 1.82) is 0 Å². The summed E-state index contributed by atoms with van der Waals surface area (Å²) in [6.07, 6.45) is 0. The maximum Gasteiger partial charge on any atom is 0.0648 e. The highest BCUT2D eigenvalue weighted by Crippen LogP contribution is 2.23. The zero-order chi connectivity index (χ0) is 11.5. The van der Waals surface area contributed by atoms with Crippen LogP contribution in [0.15, 0.2) is 28.7 Å². The van der Waals surface area contributed by atoms with Crippen LogP contribution in [-0.4, -0.2) is 49.3 Å². The molecule has 0 aromatic heterocycles. The Bertz CT molecular complexity index is 359. The van der Waals surface area contributed by atoms with Gasteiger partial charge in [0, 0.05) is 29.8 Å². The third-order valence-corrected chi connectivity index (χ3v) is 3.53. The van der Waals surface area contributed by atoms with E-state index in [-0.39, 0.29) is 12.6 Å². The van der Waals surface area contributed by atoms with Gasteiger partial charge in [-0.2, -0.15) is 0 Å². The normalized spacial score (nSPS) is 22.4. The molecule has 0 amide bonds. The monoisotopic (exact) mass is 284 g/mol. The molecule has 0 saturated carbocycles. The Kier molecular flexibility index (Phi) is 3.84. The Labute approximate surface area is 105 Å². The summed E-state index contributed by atoms with van der Waals surface area (Å²) < 4.78 is 1.08. The lowest BCUT2D eigenvalue weighted by molar-refractivity contribution is 0.191. The summed E-state index contributed by atoms with van der Waals surface area (Å²) in [5.74, 6) is 0. The molecule has 0 spiro atoms. The van der Waals surface area contributed by atoms with Gasteiger partial charge in [0.05, 0.1) is 12.6 Å². The maximum absolute atomic E-state index is 9.43. The van der Waals surface area contributed by atoms with Gasteiger partial charge in [-0.1, -0.05) is 22.0 Å². The molecule has 1 N–H and O–H groups in total. The van der Waals surface area contributed by atoms with E-state index in [4.69, 9.17) is 0 Å². The van der Waals surface area contributed by atoms with Crippen LogP contribution in [0.4, 0.5) is 5.69 Å². The molecule has 4 heteroatoms. The summed E-state index contributed by atoms with van der Waals surface area (Å²) in [7, 11) is 2.10. The van der Waals surface area contributed by atoms with Gasteiger partial charge in [0.15, 0.2) is 0 Å². The molecule has 88 valence electrons. The molecule has 1 unspecified atom stereocenters. The molecular formula is C12H17BrN2O. The van der Waals surface area contributed by atoms with Crippen molar-refractivity contribution in [3.8, 4) is 0 Å². The Morgan fingerprint density at radius 3 is 2.94 bits per heavy atom. The van der Waals surface area contributed by atoms with Crippen molar-refractivity contribution in [2.24, 2.45) is 0 Å². The second-order valence-corrected chi connectivity index (χ2v) is 5.19. The first-order valence-corrected chi connectivity index (χ1v) is 6.31. The molecule has 1 atom stereocenters. The lowest BCUT2D eigenvalue weighted by Gasteiger charge is -2.40. The first-order valence-electron chi connectivity index (χ1n) is 5.52. The number of hydrogen-bond donors (Lipinski definition) is 1. The SMILES string of the molecule is CN1CCN(c2cccc(Br)c2)C(CO)C1. The van der Waals surface area contributed by atoms with Crippen LogP contribution in [0.3, 0.4) is 0 Å². The molecule has 1 aromatic rings. The van der Waals surface area contributed by atoms with Gasteiger partial charge in [-0.15, -0.1) is 0 Å². The van der Waals surface area contributed by atoms with E-state index in [9.17, 15) is 5.11 Å². The highest BCUT2D eigenvalue weighted by Gasteiger charge is 2.24. The molecule has 3 nitrogen and oxygen atoms in total. The third-order valence-electron chi connectivity index (χ3n) is 3.04. The summed E-state index contributed by atoms with van der Waals surface area (Å²) in [5.41, 5.74) is 1.18. The van der Waals surface area contributed by atoms with Crippen LogP contribution in [0.2, 0.25) is 0 Å². The molecule has 2 rings (SSSR count). The molecule has 1 aliphatic heterocycles. The van der Waals surface area contributed by atoms with Crippen LogP contribution in [0.1, 0.15) is 0 Å². The van der Waals surface area contributed by atoms with Crippen LogP contribution >= 0.6 is 15.9 Å². The molecule has 16 heavy (non-hydrogen) atoms. The number of rotatable bonds is 2. The van der Waals surface area contributed by atoms with Gasteiger partial charge in [-0.25, -0.2) is 0 Å². The smallest absolute Gasteiger partial charge is 0.0648 e. The van der Waals surface area contributed by atoms with Gasteiger partial charge in [0.25, 0.3) is 0 Å². The molecule has 0 bridgehead atoms. The number of aliphatic hydroxyl groups is 1. The summed E-state index contributed by atoms with van der Waals surface area (Å²) in [4.78, 5) is 4.54. The van der Waals surface area contributed by atoms with Gasteiger partial charge < -0.3 is 14.9 Å². The average molecular weight is 285 g/mol.